The molecule has 0 saturated carbocycles. The number of amides is 2. The highest BCUT2D eigenvalue weighted by Crippen LogP contribution is 2.24. The van der Waals surface area contributed by atoms with E-state index in [-0.39, 0.29) is 46.8 Å². The Hall–Kier alpha value is -3.57. The number of rotatable bonds is 10. The number of nitrogens with zero attached hydrogens (tertiary/aromatic N) is 3. The van der Waals surface area contributed by atoms with Crippen molar-refractivity contribution in [3.63, 3.8) is 0 Å². The van der Waals surface area contributed by atoms with Crippen molar-refractivity contribution in [1.82, 2.24) is 20.1 Å². The summed E-state index contributed by atoms with van der Waals surface area (Å²) in [6, 6.07) is 11.3. The fourth-order valence-corrected chi connectivity index (χ4v) is 3.76. The summed E-state index contributed by atoms with van der Waals surface area (Å²) in [5.74, 6) is -0.413. The lowest BCUT2D eigenvalue weighted by Crippen LogP contribution is -2.26. The Morgan fingerprint density at radius 3 is 2.53 bits per heavy atom. The SMILES string of the molecule is COc1ccc(CC(=O)NCc2nnc(SCC(=O)Nc3cc(C(=O)O)ccc3Cl)n2C)cc1. The van der Waals surface area contributed by atoms with Crippen molar-refractivity contribution >= 4 is 46.8 Å². The Morgan fingerprint density at radius 1 is 1.12 bits per heavy atom. The zero-order chi connectivity index (χ0) is 24.7. The van der Waals surface area contributed by atoms with Gasteiger partial charge in [-0.05, 0) is 35.9 Å². The molecule has 0 saturated heterocycles. The number of halogens is 1. The first-order chi connectivity index (χ1) is 16.3. The molecule has 1 heterocycles. The summed E-state index contributed by atoms with van der Waals surface area (Å²) in [6.45, 7) is 0.183. The molecule has 0 aliphatic rings. The number of carboxylic acid groups (broad SMARTS) is 1. The first-order valence-corrected chi connectivity index (χ1v) is 11.4. The van der Waals surface area contributed by atoms with Crippen LogP contribution < -0.4 is 15.4 Å². The molecule has 2 aromatic carbocycles. The molecule has 12 heteroatoms. The van der Waals surface area contributed by atoms with Crippen molar-refractivity contribution in [2.24, 2.45) is 7.05 Å². The minimum absolute atomic E-state index is 0.00340. The zero-order valence-corrected chi connectivity index (χ0v) is 19.9. The highest BCUT2D eigenvalue weighted by molar-refractivity contribution is 7.99. The van der Waals surface area contributed by atoms with Gasteiger partial charge in [0.1, 0.15) is 5.75 Å². The second kappa shape index (κ2) is 11.5. The van der Waals surface area contributed by atoms with Crippen molar-refractivity contribution in [3.05, 3.63) is 64.4 Å². The molecule has 3 rings (SSSR count). The number of carboxylic acids is 1. The Morgan fingerprint density at radius 2 is 1.85 bits per heavy atom. The number of benzene rings is 2. The van der Waals surface area contributed by atoms with Crippen molar-refractivity contribution in [1.29, 1.82) is 0 Å². The molecule has 0 bridgehead atoms. The number of nitrogens with one attached hydrogen (secondary N) is 2. The zero-order valence-electron chi connectivity index (χ0n) is 18.4. The molecular formula is C22H22ClN5O5S. The van der Waals surface area contributed by atoms with Gasteiger partial charge < -0.3 is 25.0 Å². The number of carbonyl (C=O) groups is 3. The first-order valence-electron chi connectivity index (χ1n) is 10.00. The number of carbonyl (C=O) groups excluding carboxylic acids is 2. The predicted octanol–water partition coefficient (Wildman–Crippen LogP) is 2.77. The molecule has 0 spiro atoms. The van der Waals surface area contributed by atoms with Gasteiger partial charge in [-0.2, -0.15) is 0 Å². The molecule has 0 unspecified atom stereocenters. The largest absolute Gasteiger partial charge is 0.497 e. The van der Waals surface area contributed by atoms with Crippen LogP contribution in [0, 0.1) is 0 Å². The molecule has 0 aliphatic heterocycles. The maximum absolute atomic E-state index is 12.3. The van der Waals surface area contributed by atoms with Gasteiger partial charge in [0.05, 0.1) is 42.1 Å². The number of ether oxygens (including phenoxy) is 1. The van der Waals surface area contributed by atoms with Gasteiger partial charge in [-0.3, -0.25) is 9.59 Å². The molecule has 1 aromatic heterocycles. The van der Waals surface area contributed by atoms with Crippen LogP contribution in [0.4, 0.5) is 5.69 Å². The van der Waals surface area contributed by atoms with Crippen molar-refractivity contribution in [3.8, 4) is 5.75 Å². The summed E-state index contributed by atoms with van der Waals surface area (Å²) in [5, 5.41) is 23.3. The van der Waals surface area contributed by atoms with E-state index in [0.29, 0.717) is 11.0 Å². The van der Waals surface area contributed by atoms with Crippen LogP contribution in [-0.4, -0.2) is 50.5 Å². The molecule has 10 nitrogen and oxygen atoms in total. The number of aromatic nitrogens is 3. The van der Waals surface area contributed by atoms with Crippen LogP contribution in [0.5, 0.6) is 5.75 Å². The number of anilines is 1. The summed E-state index contributed by atoms with van der Waals surface area (Å²) in [4.78, 5) is 35.6. The predicted molar refractivity (Wildman–Crippen MR) is 127 cm³/mol. The summed E-state index contributed by atoms with van der Waals surface area (Å²) in [7, 11) is 3.32. The van der Waals surface area contributed by atoms with Gasteiger partial charge in [-0.1, -0.05) is 35.5 Å². The van der Waals surface area contributed by atoms with Gasteiger partial charge in [0.2, 0.25) is 11.8 Å². The van der Waals surface area contributed by atoms with E-state index in [0.717, 1.165) is 23.1 Å². The number of thioether (sulfide) groups is 1. The normalized spacial score (nSPS) is 10.6. The molecule has 0 aliphatic carbocycles. The molecule has 0 radical (unpaired) electrons. The van der Waals surface area contributed by atoms with E-state index < -0.39 is 5.97 Å². The van der Waals surface area contributed by atoms with Crippen LogP contribution in [0.1, 0.15) is 21.7 Å². The highest BCUT2D eigenvalue weighted by Gasteiger charge is 2.14. The third-order valence-electron chi connectivity index (χ3n) is 4.71. The number of hydrogen-bond acceptors (Lipinski definition) is 7. The second-order valence-corrected chi connectivity index (χ2v) is 8.45. The first kappa shape index (κ1) is 25.1. The average Bonchev–Trinajstić information content (AvgIpc) is 3.17. The molecule has 0 atom stereocenters. The Kier molecular flexibility index (Phi) is 8.50. The Labute approximate surface area is 204 Å². The van der Waals surface area contributed by atoms with Crippen molar-refractivity contribution < 1.29 is 24.2 Å². The third kappa shape index (κ3) is 6.72. The number of aromatic carboxylic acids is 1. The van der Waals surface area contributed by atoms with Crippen molar-refractivity contribution in [2.75, 3.05) is 18.2 Å². The third-order valence-corrected chi connectivity index (χ3v) is 6.06. The topological polar surface area (TPSA) is 135 Å². The van der Waals surface area contributed by atoms with E-state index >= 15 is 0 Å². The molecule has 3 aromatic rings. The lowest BCUT2D eigenvalue weighted by atomic mass is 10.1. The van der Waals surface area contributed by atoms with E-state index in [2.05, 4.69) is 20.8 Å². The summed E-state index contributed by atoms with van der Waals surface area (Å²) in [6.07, 6.45) is 0.218. The van der Waals surface area contributed by atoms with Crippen LogP contribution in [0.25, 0.3) is 0 Å². The Bertz CT molecular complexity index is 1200. The van der Waals surface area contributed by atoms with Gasteiger partial charge in [-0.25, -0.2) is 4.79 Å². The standard InChI is InChI=1S/C22H22ClN5O5S/c1-28-18(11-24-19(29)9-13-3-6-15(33-2)7-4-13)26-27-22(28)34-12-20(30)25-17-10-14(21(31)32)5-8-16(17)23/h3-8,10H,9,11-12H2,1-2H3,(H,24,29)(H,25,30)(H,31,32). The van der Waals surface area contributed by atoms with Gasteiger partial charge in [-0.15, -0.1) is 10.2 Å². The summed E-state index contributed by atoms with van der Waals surface area (Å²) in [5.41, 5.74) is 1.08. The van der Waals surface area contributed by atoms with E-state index in [4.69, 9.17) is 21.4 Å². The number of hydrogen-bond donors (Lipinski definition) is 3. The molecule has 178 valence electrons. The van der Waals surface area contributed by atoms with Gasteiger partial charge in [0.25, 0.3) is 0 Å². The molecule has 3 N–H and O–H groups in total. The lowest BCUT2D eigenvalue weighted by Gasteiger charge is -2.08. The van der Waals surface area contributed by atoms with Gasteiger partial charge in [0.15, 0.2) is 11.0 Å². The molecule has 0 fully saturated rings. The van der Waals surface area contributed by atoms with E-state index in [9.17, 15) is 14.4 Å². The molecule has 34 heavy (non-hydrogen) atoms. The quantitative estimate of drug-likeness (QED) is 0.359. The Balaban J connectivity index is 1.50. The monoisotopic (exact) mass is 503 g/mol. The van der Waals surface area contributed by atoms with Crippen LogP contribution in [0.2, 0.25) is 5.02 Å². The van der Waals surface area contributed by atoms with E-state index in [1.165, 1.54) is 18.2 Å². The summed E-state index contributed by atoms with van der Waals surface area (Å²) < 4.78 is 6.79. The average molecular weight is 504 g/mol. The lowest BCUT2D eigenvalue weighted by molar-refractivity contribution is -0.120. The molecular weight excluding hydrogens is 482 g/mol. The minimum Gasteiger partial charge on any atom is -0.497 e. The fraction of sp³-hybridized carbons (Fsp3) is 0.227. The maximum Gasteiger partial charge on any atom is 0.335 e. The second-order valence-electron chi connectivity index (χ2n) is 7.10. The van der Waals surface area contributed by atoms with Crippen LogP contribution in [0.3, 0.4) is 0 Å². The fourth-order valence-electron chi connectivity index (χ4n) is 2.86. The maximum atomic E-state index is 12.3. The van der Waals surface area contributed by atoms with Crippen LogP contribution in [0.15, 0.2) is 47.6 Å². The van der Waals surface area contributed by atoms with Crippen LogP contribution in [-0.2, 0) is 29.6 Å². The minimum atomic E-state index is -1.12. The van der Waals surface area contributed by atoms with Crippen LogP contribution >= 0.6 is 23.4 Å². The smallest absolute Gasteiger partial charge is 0.335 e. The van der Waals surface area contributed by atoms with Crippen molar-refractivity contribution in [2.45, 2.75) is 18.1 Å². The van der Waals surface area contributed by atoms with Gasteiger partial charge >= 0.3 is 5.97 Å². The highest BCUT2D eigenvalue weighted by atomic mass is 35.5. The summed E-state index contributed by atoms with van der Waals surface area (Å²) >= 11 is 7.18. The van der Waals surface area contributed by atoms with Gasteiger partial charge in [0, 0.05) is 7.05 Å². The van der Waals surface area contributed by atoms with E-state index in [1.807, 2.05) is 12.1 Å². The number of methoxy groups -OCH3 is 1. The molecule has 2 amide bonds. The van der Waals surface area contributed by atoms with E-state index in [1.54, 1.807) is 30.9 Å².